The van der Waals surface area contributed by atoms with Gasteiger partial charge in [-0.2, -0.15) is 0 Å². The molecule has 3 atom stereocenters. The lowest BCUT2D eigenvalue weighted by Gasteiger charge is -2.36. The van der Waals surface area contributed by atoms with Crippen molar-refractivity contribution in [3.05, 3.63) is 12.2 Å². The smallest absolute Gasteiger partial charge is 0.0465 e. The Labute approximate surface area is 61.8 Å². The summed E-state index contributed by atoms with van der Waals surface area (Å²) < 4.78 is 0. The van der Waals surface area contributed by atoms with Gasteiger partial charge in [0, 0.05) is 6.61 Å². The predicted molar refractivity (Wildman–Crippen MR) is 40.5 cm³/mol. The summed E-state index contributed by atoms with van der Waals surface area (Å²) in [6, 6.07) is 0. The number of fused-ring (bicyclic) bond motifs is 2. The van der Waals surface area contributed by atoms with E-state index in [0.29, 0.717) is 18.4 Å². The Morgan fingerprint density at radius 2 is 2.20 bits per heavy atom. The molecular weight excluding hydrogens is 124 g/mol. The van der Waals surface area contributed by atoms with Crippen molar-refractivity contribution in [3.8, 4) is 0 Å². The summed E-state index contributed by atoms with van der Waals surface area (Å²) in [4.78, 5) is 0. The van der Waals surface area contributed by atoms with E-state index in [9.17, 15) is 0 Å². The lowest BCUT2D eigenvalue weighted by atomic mass is 9.69. The van der Waals surface area contributed by atoms with E-state index in [0.717, 1.165) is 5.92 Å². The second-order valence-electron chi connectivity index (χ2n) is 3.56. The van der Waals surface area contributed by atoms with Crippen molar-refractivity contribution in [3.63, 3.8) is 0 Å². The maximum absolute atomic E-state index is 8.98. The van der Waals surface area contributed by atoms with Gasteiger partial charge in [-0.3, -0.25) is 0 Å². The first-order valence-corrected chi connectivity index (χ1v) is 4.19. The second-order valence-corrected chi connectivity index (χ2v) is 3.56. The Hall–Kier alpha value is -0.300. The van der Waals surface area contributed by atoms with Crippen LogP contribution in [-0.4, -0.2) is 11.7 Å². The summed E-state index contributed by atoms with van der Waals surface area (Å²) in [5.41, 5.74) is 0. The lowest BCUT2D eigenvalue weighted by molar-refractivity contribution is 0.129. The summed E-state index contributed by atoms with van der Waals surface area (Å²) in [5.74, 6) is 2.08. The SMILES string of the molecule is OC[C@H]1C[C@@H]2C=C[C@@H]1CC2. The van der Waals surface area contributed by atoms with Crippen molar-refractivity contribution in [1.82, 2.24) is 0 Å². The quantitative estimate of drug-likeness (QED) is 0.545. The van der Waals surface area contributed by atoms with E-state index >= 15 is 0 Å². The number of rotatable bonds is 1. The maximum atomic E-state index is 8.98. The van der Waals surface area contributed by atoms with Crippen LogP contribution in [0.1, 0.15) is 19.3 Å². The molecule has 0 amide bonds. The third-order valence-corrected chi connectivity index (χ3v) is 2.95. The molecule has 0 heterocycles. The molecule has 1 nitrogen and oxygen atoms in total. The Bertz CT molecular complexity index is 151. The molecule has 0 spiro atoms. The van der Waals surface area contributed by atoms with Gasteiger partial charge in [0.2, 0.25) is 0 Å². The van der Waals surface area contributed by atoms with Gasteiger partial charge in [0.25, 0.3) is 0 Å². The van der Waals surface area contributed by atoms with Crippen molar-refractivity contribution < 1.29 is 5.11 Å². The van der Waals surface area contributed by atoms with E-state index in [1.807, 2.05) is 0 Å². The Morgan fingerprint density at radius 1 is 1.30 bits per heavy atom. The standard InChI is InChI=1S/C9H14O/c10-6-9-5-7-1-3-8(9)4-2-7/h1,3,7-10H,2,4-6H2/t7-,8-,9-/m1/s1. The van der Waals surface area contributed by atoms with Crippen molar-refractivity contribution >= 4 is 0 Å². The van der Waals surface area contributed by atoms with E-state index in [2.05, 4.69) is 12.2 Å². The van der Waals surface area contributed by atoms with Crippen molar-refractivity contribution in [2.24, 2.45) is 17.8 Å². The van der Waals surface area contributed by atoms with Gasteiger partial charge >= 0.3 is 0 Å². The average Bonchev–Trinajstić information content (AvgIpc) is 2.06. The summed E-state index contributed by atoms with van der Waals surface area (Å²) in [6.07, 6.45) is 8.54. The minimum absolute atomic E-state index is 0.394. The molecule has 3 aliphatic carbocycles. The van der Waals surface area contributed by atoms with Crippen molar-refractivity contribution in [1.29, 1.82) is 0 Å². The maximum Gasteiger partial charge on any atom is 0.0465 e. The summed E-state index contributed by atoms with van der Waals surface area (Å²) in [6.45, 7) is 0.394. The molecule has 1 fully saturated rings. The van der Waals surface area contributed by atoms with Gasteiger partial charge in [0.15, 0.2) is 0 Å². The van der Waals surface area contributed by atoms with Gasteiger partial charge in [0.05, 0.1) is 0 Å². The van der Waals surface area contributed by atoms with Gasteiger partial charge in [-0.25, -0.2) is 0 Å². The second kappa shape index (κ2) is 2.39. The van der Waals surface area contributed by atoms with E-state index in [-0.39, 0.29) is 0 Å². The number of hydrogen-bond acceptors (Lipinski definition) is 1. The van der Waals surface area contributed by atoms with Crippen LogP contribution in [0.4, 0.5) is 0 Å². The fourth-order valence-electron chi connectivity index (χ4n) is 2.26. The van der Waals surface area contributed by atoms with E-state index in [1.165, 1.54) is 19.3 Å². The van der Waals surface area contributed by atoms with Gasteiger partial charge in [-0.05, 0) is 37.0 Å². The molecule has 0 aliphatic heterocycles. The van der Waals surface area contributed by atoms with Gasteiger partial charge < -0.3 is 5.11 Å². The van der Waals surface area contributed by atoms with Crippen LogP contribution in [-0.2, 0) is 0 Å². The molecule has 1 saturated carbocycles. The van der Waals surface area contributed by atoms with Crippen molar-refractivity contribution in [2.45, 2.75) is 19.3 Å². The average molecular weight is 138 g/mol. The van der Waals surface area contributed by atoms with E-state index < -0.39 is 0 Å². The van der Waals surface area contributed by atoms with E-state index in [4.69, 9.17) is 5.11 Å². The van der Waals surface area contributed by atoms with E-state index in [1.54, 1.807) is 0 Å². The highest BCUT2D eigenvalue weighted by molar-refractivity contribution is 5.05. The van der Waals surface area contributed by atoms with Crippen LogP contribution in [0.2, 0.25) is 0 Å². The molecule has 0 unspecified atom stereocenters. The predicted octanol–water partition coefficient (Wildman–Crippen LogP) is 1.58. The first kappa shape index (κ1) is 6.41. The normalized spacial score (nSPS) is 44.3. The minimum atomic E-state index is 0.394. The number of allylic oxidation sites excluding steroid dienone is 2. The van der Waals surface area contributed by atoms with Crippen LogP contribution in [0.3, 0.4) is 0 Å². The first-order chi connectivity index (χ1) is 4.90. The fraction of sp³-hybridized carbons (Fsp3) is 0.778. The highest BCUT2D eigenvalue weighted by atomic mass is 16.3. The molecule has 1 heteroatoms. The molecule has 3 aliphatic rings. The third kappa shape index (κ3) is 0.891. The molecule has 10 heavy (non-hydrogen) atoms. The molecule has 0 saturated heterocycles. The molecule has 0 aromatic heterocycles. The molecule has 0 radical (unpaired) electrons. The largest absolute Gasteiger partial charge is 0.396 e. The highest BCUT2D eigenvalue weighted by Crippen LogP contribution is 2.39. The van der Waals surface area contributed by atoms with Crippen LogP contribution in [0.5, 0.6) is 0 Å². The lowest BCUT2D eigenvalue weighted by Crippen LogP contribution is -2.29. The highest BCUT2D eigenvalue weighted by Gasteiger charge is 2.30. The minimum Gasteiger partial charge on any atom is -0.396 e. The van der Waals surface area contributed by atoms with Crippen LogP contribution < -0.4 is 0 Å². The van der Waals surface area contributed by atoms with Gasteiger partial charge in [0.1, 0.15) is 0 Å². The Balaban J connectivity index is 2.11. The number of aliphatic hydroxyl groups excluding tert-OH is 1. The monoisotopic (exact) mass is 138 g/mol. The van der Waals surface area contributed by atoms with Crippen LogP contribution in [0.25, 0.3) is 0 Å². The van der Waals surface area contributed by atoms with Crippen LogP contribution >= 0.6 is 0 Å². The van der Waals surface area contributed by atoms with Crippen LogP contribution in [0, 0.1) is 17.8 Å². The first-order valence-electron chi connectivity index (χ1n) is 4.19. The topological polar surface area (TPSA) is 20.2 Å². The number of aliphatic hydroxyl groups is 1. The molecular formula is C9H14O. The van der Waals surface area contributed by atoms with Crippen molar-refractivity contribution in [2.75, 3.05) is 6.61 Å². The zero-order valence-corrected chi connectivity index (χ0v) is 6.16. The number of hydrogen-bond donors (Lipinski definition) is 1. The molecule has 0 aromatic rings. The fourth-order valence-corrected chi connectivity index (χ4v) is 2.26. The summed E-state index contributed by atoms with van der Waals surface area (Å²) in [5, 5.41) is 8.98. The third-order valence-electron chi connectivity index (χ3n) is 2.95. The zero-order valence-electron chi connectivity index (χ0n) is 6.16. The Kier molecular flexibility index (Phi) is 1.53. The van der Waals surface area contributed by atoms with Crippen LogP contribution in [0.15, 0.2) is 12.2 Å². The summed E-state index contributed by atoms with van der Waals surface area (Å²) >= 11 is 0. The molecule has 56 valence electrons. The van der Waals surface area contributed by atoms with Gasteiger partial charge in [-0.15, -0.1) is 0 Å². The molecule has 3 rings (SSSR count). The molecule has 1 N–H and O–H groups in total. The molecule has 0 aromatic carbocycles. The Morgan fingerprint density at radius 3 is 2.50 bits per heavy atom. The zero-order chi connectivity index (χ0) is 6.97. The summed E-state index contributed by atoms with van der Waals surface area (Å²) in [7, 11) is 0. The molecule has 2 bridgehead atoms. The van der Waals surface area contributed by atoms with Gasteiger partial charge in [-0.1, -0.05) is 12.2 Å².